The molecule has 1 aliphatic rings. The van der Waals surface area contributed by atoms with Gasteiger partial charge in [-0.15, -0.1) is 0 Å². The zero-order chi connectivity index (χ0) is 15.4. The molecule has 8 nitrogen and oxygen atoms in total. The maximum atomic E-state index is 12.0. The first-order valence-corrected chi connectivity index (χ1v) is 6.79. The van der Waals surface area contributed by atoms with Crippen LogP contribution < -0.4 is 5.32 Å². The van der Waals surface area contributed by atoms with Crippen molar-refractivity contribution < 1.29 is 19.4 Å². The number of anilines is 1. The lowest BCUT2D eigenvalue weighted by molar-refractivity contribution is -0.143. The second-order valence-corrected chi connectivity index (χ2v) is 5.21. The van der Waals surface area contributed by atoms with Crippen LogP contribution in [0.15, 0.2) is 12.3 Å². The lowest BCUT2D eigenvalue weighted by Gasteiger charge is -2.38. The lowest BCUT2D eigenvalue weighted by atomic mass is 10.0. The summed E-state index contributed by atoms with van der Waals surface area (Å²) in [5, 5.41) is 17.0. The summed E-state index contributed by atoms with van der Waals surface area (Å²) in [4.78, 5) is 13.7. The topological polar surface area (TPSA) is 88.9 Å². The van der Waals surface area contributed by atoms with E-state index in [-0.39, 0.29) is 24.6 Å². The van der Waals surface area contributed by atoms with Crippen LogP contribution in [-0.2, 0) is 21.3 Å². The van der Waals surface area contributed by atoms with Gasteiger partial charge in [0.15, 0.2) is 5.82 Å². The standard InChI is InChI=1S/C13H22N4O4/c1-16(9-7-21-8-10(20-3)13(9)19)6-12(18)14-11-4-5-17(2)15-11/h4-5,9-10,13,19H,6-8H2,1-3H3,(H,14,15,18)/t9-,10-,13+/m1/s1. The SMILES string of the molecule is CO[C@@H]1COC[C@@H](N(C)CC(=O)Nc2ccn(C)n2)[C@@H]1O. The van der Waals surface area contributed by atoms with Gasteiger partial charge >= 0.3 is 0 Å². The Morgan fingerprint density at radius 3 is 3.05 bits per heavy atom. The zero-order valence-corrected chi connectivity index (χ0v) is 12.5. The number of ether oxygens (including phenoxy) is 2. The number of rotatable bonds is 5. The highest BCUT2D eigenvalue weighted by atomic mass is 16.5. The van der Waals surface area contributed by atoms with Crippen molar-refractivity contribution in [3.8, 4) is 0 Å². The molecule has 3 atom stereocenters. The predicted octanol–water partition coefficient (Wildman–Crippen LogP) is -0.935. The van der Waals surface area contributed by atoms with Crippen molar-refractivity contribution in [1.29, 1.82) is 0 Å². The fourth-order valence-corrected chi connectivity index (χ4v) is 2.35. The van der Waals surface area contributed by atoms with Crippen LogP contribution in [0.4, 0.5) is 5.82 Å². The third-order valence-electron chi connectivity index (χ3n) is 3.59. The minimum absolute atomic E-state index is 0.137. The number of amides is 1. The molecule has 8 heteroatoms. The van der Waals surface area contributed by atoms with E-state index in [1.54, 1.807) is 35.9 Å². The van der Waals surface area contributed by atoms with E-state index in [9.17, 15) is 9.90 Å². The predicted molar refractivity (Wildman–Crippen MR) is 75.9 cm³/mol. The fourth-order valence-electron chi connectivity index (χ4n) is 2.35. The van der Waals surface area contributed by atoms with Gasteiger partial charge in [-0.05, 0) is 7.05 Å². The highest BCUT2D eigenvalue weighted by molar-refractivity contribution is 5.91. The van der Waals surface area contributed by atoms with Gasteiger partial charge in [0.25, 0.3) is 0 Å². The van der Waals surface area contributed by atoms with Crippen molar-refractivity contribution in [3.63, 3.8) is 0 Å². The van der Waals surface area contributed by atoms with E-state index in [0.717, 1.165) is 0 Å². The number of aryl methyl sites for hydroxylation is 1. The number of carbonyl (C=O) groups excluding carboxylic acids is 1. The molecule has 1 aromatic rings. The van der Waals surface area contributed by atoms with Crippen molar-refractivity contribution in [2.75, 3.05) is 39.2 Å². The molecule has 1 aromatic heterocycles. The van der Waals surface area contributed by atoms with Crippen LogP contribution in [0.1, 0.15) is 0 Å². The number of hydrogen-bond donors (Lipinski definition) is 2. The van der Waals surface area contributed by atoms with E-state index in [2.05, 4.69) is 10.4 Å². The molecular formula is C13H22N4O4. The van der Waals surface area contributed by atoms with Crippen LogP contribution in [0.2, 0.25) is 0 Å². The summed E-state index contributed by atoms with van der Waals surface area (Å²) >= 11 is 0. The number of hydrogen-bond acceptors (Lipinski definition) is 6. The number of methoxy groups -OCH3 is 1. The third-order valence-corrected chi connectivity index (χ3v) is 3.59. The Bertz CT molecular complexity index is 478. The summed E-state index contributed by atoms with van der Waals surface area (Å²) < 4.78 is 12.2. The largest absolute Gasteiger partial charge is 0.389 e. The second kappa shape index (κ2) is 6.99. The number of likely N-dealkylation sites (N-methyl/N-ethyl adjacent to an activating group) is 1. The van der Waals surface area contributed by atoms with Crippen molar-refractivity contribution in [3.05, 3.63) is 12.3 Å². The summed E-state index contributed by atoms with van der Waals surface area (Å²) in [5.41, 5.74) is 0. The van der Waals surface area contributed by atoms with Crippen LogP contribution in [-0.4, -0.2) is 77.9 Å². The zero-order valence-electron chi connectivity index (χ0n) is 12.5. The Labute approximate surface area is 123 Å². The van der Waals surface area contributed by atoms with E-state index < -0.39 is 6.10 Å². The molecule has 0 bridgehead atoms. The Morgan fingerprint density at radius 2 is 2.43 bits per heavy atom. The van der Waals surface area contributed by atoms with Crippen LogP contribution in [0.3, 0.4) is 0 Å². The van der Waals surface area contributed by atoms with Gasteiger partial charge in [0, 0.05) is 26.4 Å². The van der Waals surface area contributed by atoms with E-state index >= 15 is 0 Å². The first kappa shape index (κ1) is 15.9. The molecule has 2 N–H and O–H groups in total. The van der Waals surface area contributed by atoms with Crippen molar-refractivity contribution in [2.24, 2.45) is 7.05 Å². The lowest BCUT2D eigenvalue weighted by Crippen LogP contribution is -2.56. The van der Waals surface area contributed by atoms with Gasteiger partial charge in [-0.2, -0.15) is 5.10 Å². The van der Waals surface area contributed by atoms with Gasteiger partial charge in [-0.3, -0.25) is 14.4 Å². The van der Waals surface area contributed by atoms with Crippen molar-refractivity contribution in [2.45, 2.75) is 18.2 Å². The summed E-state index contributed by atoms with van der Waals surface area (Å²) in [6.07, 6.45) is 0.697. The maximum absolute atomic E-state index is 12.0. The normalized spacial score (nSPS) is 26.0. The Hall–Kier alpha value is -1.48. The Morgan fingerprint density at radius 1 is 1.67 bits per heavy atom. The molecule has 1 amide bonds. The molecule has 0 radical (unpaired) electrons. The van der Waals surface area contributed by atoms with Crippen molar-refractivity contribution >= 4 is 11.7 Å². The first-order chi connectivity index (χ1) is 10.0. The molecule has 0 aliphatic carbocycles. The number of nitrogens with one attached hydrogen (secondary N) is 1. The van der Waals surface area contributed by atoms with Crippen LogP contribution >= 0.6 is 0 Å². The minimum atomic E-state index is -0.684. The summed E-state index contributed by atoms with van der Waals surface area (Å²) in [6, 6.07) is 1.44. The van der Waals surface area contributed by atoms with Crippen molar-refractivity contribution in [1.82, 2.24) is 14.7 Å². The molecular weight excluding hydrogens is 276 g/mol. The van der Waals surface area contributed by atoms with Crippen LogP contribution in [0, 0.1) is 0 Å². The van der Waals surface area contributed by atoms with Gasteiger partial charge < -0.3 is 19.9 Å². The van der Waals surface area contributed by atoms with Gasteiger partial charge in [-0.25, -0.2) is 0 Å². The summed E-state index contributed by atoms with van der Waals surface area (Å²) in [7, 11) is 5.09. The molecule has 2 heterocycles. The number of carbonyl (C=O) groups is 1. The van der Waals surface area contributed by atoms with Gasteiger partial charge in [-0.1, -0.05) is 0 Å². The highest BCUT2D eigenvalue weighted by Gasteiger charge is 2.35. The molecule has 2 rings (SSSR count). The molecule has 0 aromatic carbocycles. The van der Waals surface area contributed by atoms with Gasteiger partial charge in [0.05, 0.1) is 25.8 Å². The van der Waals surface area contributed by atoms with Gasteiger partial charge in [0.1, 0.15) is 12.2 Å². The molecule has 118 valence electrons. The van der Waals surface area contributed by atoms with Crippen LogP contribution in [0.5, 0.6) is 0 Å². The van der Waals surface area contributed by atoms with Crippen LogP contribution in [0.25, 0.3) is 0 Å². The average Bonchev–Trinajstić information content (AvgIpc) is 2.83. The molecule has 1 aliphatic heterocycles. The first-order valence-electron chi connectivity index (χ1n) is 6.79. The Balaban J connectivity index is 1.88. The van der Waals surface area contributed by atoms with E-state index in [4.69, 9.17) is 9.47 Å². The number of aromatic nitrogens is 2. The molecule has 0 saturated carbocycles. The molecule has 21 heavy (non-hydrogen) atoms. The number of aliphatic hydroxyl groups excluding tert-OH is 1. The second-order valence-electron chi connectivity index (χ2n) is 5.21. The molecule has 0 spiro atoms. The smallest absolute Gasteiger partial charge is 0.239 e. The third kappa shape index (κ3) is 4.01. The maximum Gasteiger partial charge on any atom is 0.239 e. The number of nitrogens with zero attached hydrogens (tertiary/aromatic N) is 3. The minimum Gasteiger partial charge on any atom is -0.389 e. The molecule has 0 unspecified atom stereocenters. The average molecular weight is 298 g/mol. The van der Waals surface area contributed by atoms with E-state index in [1.165, 1.54) is 7.11 Å². The Kier molecular flexibility index (Phi) is 5.29. The van der Waals surface area contributed by atoms with Gasteiger partial charge in [0.2, 0.25) is 5.91 Å². The quantitative estimate of drug-likeness (QED) is 0.730. The molecule has 1 saturated heterocycles. The molecule has 1 fully saturated rings. The monoisotopic (exact) mass is 298 g/mol. The highest BCUT2D eigenvalue weighted by Crippen LogP contribution is 2.16. The number of aliphatic hydroxyl groups is 1. The summed E-state index contributed by atoms with van der Waals surface area (Å²) in [5.74, 6) is 0.314. The van der Waals surface area contributed by atoms with E-state index in [1.807, 2.05) is 0 Å². The van der Waals surface area contributed by atoms with E-state index in [0.29, 0.717) is 19.0 Å². The summed E-state index contributed by atoms with van der Waals surface area (Å²) in [6.45, 7) is 0.870. The fraction of sp³-hybridized carbons (Fsp3) is 0.692.